The Morgan fingerprint density at radius 1 is 1.50 bits per heavy atom. The summed E-state index contributed by atoms with van der Waals surface area (Å²) in [5.41, 5.74) is 0.893. The summed E-state index contributed by atoms with van der Waals surface area (Å²) in [5, 5.41) is 3.03. The van der Waals surface area contributed by atoms with Gasteiger partial charge in [0.25, 0.3) is 0 Å². The smallest absolute Gasteiger partial charge is 0.141 e. The van der Waals surface area contributed by atoms with Gasteiger partial charge in [-0.05, 0) is 13.1 Å². The third kappa shape index (κ3) is 2.48. The highest BCUT2D eigenvalue weighted by molar-refractivity contribution is 5.47. The van der Waals surface area contributed by atoms with Crippen LogP contribution < -0.4 is 10.2 Å². The van der Waals surface area contributed by atoms with Gasteiger partial charge in [-0.2, -0.15) is 0 Å². The van der Waals surface area contributed by atoms with Crippen molar-refractivity contribution in [3.63, 3.8) is 0 Å². The van der Waals surface area contributed by atoms with E-state index in [9.17, 15) is 4.39 Å². The Hall–Kier alpha value is -1.20. The first kappa shape index (κ1) is 11.3. The Kier molecular flexibility index (Phi) is 3.69. The number of halogens is 1. The molecule has 1 N–H and O–H groups in total. The number of ether oxygens (including phenoxy) is 1. The number of pyridine rings is 1. The van der Waals surface area contributed by atoms with E-state index in [1.165, 1.54) is 12.3 Å². The van der Waals surface area contributed by atoms with Crippen LogP contribution in [0.5, 0.6) is 0 Å². The second-order valence-electron chi connectivity index (χ2n) is 3.77. The van der Waals surface area contributed by atoms with Crippen LogP contribution in [0.4, 0.5) is 10.2 Å². The number of hydrogen-bond acceptors (Lipinski definition) is 4. The molecule has 88 valence electrons. The monoisotopic (exact) mass is 225 g/mol. The number of anilines is 1. The van der Waals surface area contributed by atoms with E-state index in [0.29, 0.717) is 19.8 Å². The van der Waals surface area contributed by atoms with Crippen molar-refractivity contribution in [3.05, 3.63) is 23.6 Å². The van der Waals surface area contributed by atoms with Crippen molar-refractivity contribution in [1.82, 2.24) is 10.3 Å². The van der Waals surface area contributed by atoms with Gasteiger partial charge < -0.3 is 15.0 Å². The summed E-state index contributed by atoms with van der Waals surface area (Å²) in [6.45, 7) is 3.66. The van der Waals surface area contributed by atoms with Gasteiger partial charge in [-0.1, -0.05) is 0 Å². The number of nitrogens with one attached hydrogen (secondary N) is 1. The fourth-order valence-electron chi connectivity index (χ4n) is 1.85. The van der Waals surface area contributed by atoms with Gasteiger partial charge in [0.1, 0.15) is 11.6 Å². The molecule has 1 fully saturated rings. The predicted molar refractivity (Wildman–Crippen MR) is 60.0 cm³/mol. The van der Waals surface area contributed by atoms with Crippen molar-refractivity contribution in [3.8, 4) is 0 Å². The molecule has 1 aliphatic rings. The first-order valence-corrected chi connectivity index (χ1v) is 5.43. The largest absolute Gasteiger partial charge is 0.378 e. The van der Waals surface area contributed by atoms with Crippen molar-refractivity contribution in [2.45, 2.75) is 6.54 Å². The lowest BCUT2D eigenvalue weighted by molar-refractivity contribution is 0.122. The number of morpholine rings is 1. The third-order valence-electron chi connectivity index (χ3n) is 2.59. The molecule has 1 saturated heterocycles. The van der Waals surface area contributed by atoms with Gasteiger partial charge in [0.2, 0.25) is 0 Å². The molecule has 1 aliphatic heterocycles. The van der Waals surface area contributed by atoms with Crippen LogP contribution in [-0.4, -0.2) is 38.3 Å². The van der Waals surface area contributed by atoms with Crippen molar-refractivity contribution in [2.24, 2.45) is 0 Å². The number of hydrogen-bond donors (Lipinski definition) is 1. The summed E-state index contributed by atoms with van der Waals surface area (Å²) >= 11 is 0. The lowest BCUT2D eigenvalue weighted by atomic mass is 10.2. The van der Waals surface area contributed by atoms with Gasteiger partial charge in [0.05, 0.1) is 19.4 Å². The summed E-state index contributed by atoms with van der Waals surface area (Å²) < 4.78 is 18.4. The third-order valence-corrected chi connectivity index (χ3v) is 2.59. The van der Waals surface area contributed by atoms with E-state index < -0.39 is 0 Å². The van der Waals surface area contributed by atoms with E-state index in [-0.39, 0.29) is 5.82 Å². The molecule has 1 aromatic rings. The second kappa shape index (κ2) is 5.23. The number of aromatic nitrogens is 1. The topological polar surface area (TPSA) is 37.4 Å². The van der Waals surface area contributed by atoms with Crippen molar-refractivity contribution >= 4 is 5.82 Å². The Morgan fingerprint density at radius 2 is 2.25 bits per heavy atom. The van der Waals surface area contributed by atoms with Gasteiger partial charge >= 0.3 is 0 Å². The highest BCUT2D eigenvalue weighted by atomic mass is 19.1. The van der Waals surface area contributed by atoms with E-state index in [0.717, 1.165) is 24.5 Å². The molecule has 0 amide bonds. The number of nitrogens with zero attached hydrogens (tertiary/aromatic N) is 2. The molecule has 0 unspecified atom stereocenters. The normalized spacial score (nSPS) is 16.5. The SMILES string of the molecule is CNCc1cc(F)cnc1N1CCOCC1. The molecule has 0 aromatic carbocycles. The molecule has 0 radical (unpaired) electrons. The van der Waals surface area contributed by atoms with Crippen LogP contribution in [0.3, 0.4) is 0 Å². The minimum Gasteiger partial charge on any atom is -0.378 e. The average molecular weight is 225 g/mol. The zero-order chi connectivity index (χ0) is 11.4. The molecule has 0 bridgehead atoms. The fourth-order valence-corrected chi connectivity index (χ4v) is 1.85. The Morgan fingerprint density at radius 3 is 2.94 bits per heavy atom. The first-order valence-electron chi connectivity index (χ1n) is 5.43. The van der Waals surface area contributed by atoms with Gasteiger partial charge in [-0.3, -0.25) is 0 Å². The Labute approximate surface area is 94.4 Å². The maximum Gasteiger partial charge on any atom is 0.141 e. The molecule has 0 spiro atoms. The van der Waals surface area contributed by atoms with Gasteiger partial charge in [0.15, 0.2) is 0 Å². The van der Waals surface area contributed by atoms with Crippen LogP contribution in [0.1, 0.15) is 5.56 Å². The Bertz CT molecular complexity index is 353. The summed E-state index contributed by atoms with van der Waals surface area (Å²) in [5.74, 6) is 0.571. The number of rotatable bonds is 3. The maximum atomic E-state index is 13.1. The van der Waals surface area contributed by atoms with E-state index in [2.05, 4.69) is 15.2 Å². The average Bonchev–Trinajstić information content (AvgIpc) is 2.31. The van der Waals surface area contributed by atoms with Crippen LogP contribution in [-0.2, 0) is 11.3 Å². The first-order chi connectivity index (χ1) is 7.81. The van der Waals surface area contributed by atoms with E-state index >= 15 is 0 Å². The maximum absolute atomic E-state index is 13.1. The van der Waals surface area contributed by atoms with Crippen LogP contribution >= 0.6 is 0 Å². The predicted octanol–water partition coefficient (Wildman–Crippen LogP) is 0.777. The molecular formula is C11H16FN3O. The van der Waals surface area contributed by atoms with Gasteiger partial charge in [0, 0.05) is 25.2 Å². The van der Waals surface area contributed by atoms with Crippen LogP contribution in [0.15, 0.2) is 12.3 Å². The highest BCUT2D eigenvalue weighted by Crippen LogP contribution is 2.19. The lowest BCUT2D eigenvalue weighted by Gasteiger charge is -2.29. The summed E-state index contributed by atoms with van der Waals surface area (Å²) in [6, 6.07) is 1.54. The van der Waals surface area contributed by atoms with E-state index in [4.69, 9.17) is 4.74 Å². The summed E-state index contributed by atoms with van der Waals surface area (Å²) in [6.07, 6.45) is 1.27. The standard InChI is InChI=1S/C11H16FN3O/c1-13-7-9-6-10(12)8-14-11(9)15-2-4-16-5-3-15/h6,8,13H,2-5,7H2,1H3. The van der Waals surface area contributed by atoms with Crippen molar-refractivity contribution in [1.29, 1.82) is 0 Å². The summed E-state index contributed by atoms with van der Waals surface area (Å²) in [7, 11) is 1.84. The van der Waals surface area contributed by atoms with Crippen molar-refractivity contribution < 1.29 is 9.13 Å². The molecule has 2 rings (SSSR count). The van der Waals surface area contributed by atoms with Crippen molar-refractivity contribution in [2.75, 3.05) is 38.3 Å². The second-order valence-corrected chi connectivity index (χ2v) is 3.77. The van der Waals surface area contributed by atoms with Crippen LogP contribution in [0, 0.1) is 5.82 Å². The lowest BCUT2D eigenvalue weighted by Crippen LogP contribution is -2.37. The molecule has 16 heavy (non-hydrogen) atoms. The van der Waals surface area contributed by atoms with Crippen LogP contribution in [0.25, 0.3) is 0 Å². The van der Waals surface area contributed by atoms with E-state index in [1.54, 1.807) is 0 Å². The molecule has 2 heterocycles. The molecule has 1 aromatic heterocycles. The molecule has 0 saturated carbocycles. The Balaban J connectivity index is 2.23. The molecule has 4 nitrogen and oxygen atoms in total. The van der Waals surface area contributed by atoms with Crippen LogP contribution in [0.2, 0.25) is 0 Å². The quantitative estimate of drug-likeness (QED) is 0.824. The molecule has 0 aliphatic carbocycles. The van der Waals surface area contributed by atoms with Gasteiger partial charge in [-0.15, -0.1) is 0 Å². The minimum atomic E-state index is -0.290. The summed E-state index contributed by atoms with van der Waals surface area (Å²) in [4.78, 5) is 6.31. The molecule has 0 atom stereocenters. The zero-order valence-corrected chi connectivity index (χ0v) is 9.37. The highest BCUT2D eigenvalue weighted by Gasteiger charge is 2.16. The van der Waals surface area contributed by atoms with E-state index in [1.807, 2.05) is 7.05 Å². The van der Waals surface area contributed by atoms with Gasteiger partial charge in [-0.25, -0.2) is 9.37 Å². The zero-order valence-electron chi connectivity index (χ0n) is 9.37. The molecular weight excluding hydrogens is 209 g/mol. The fraction of sp³-hybridized carbons (Fsp3) is 0.545. The molecule has 5 heteroatoms. The minimum absolute atomic E-state index is 0.290.